The Labute approximate surface area is 130 Å². The zero-order valence-corrected chi connectivity index (χ0v) is 14.6. The predicted molar refractivity (Wildman–Crippen MR) is 86.4 cm³/mol. The molecule has 0 aromatic heterocycles. The number of alkyl halides is 2. The lowest BCUT2D eigenvalue weighted by Crippen LogP contribution is -2.16. The minimum Gasteiger partial charge on any atom is -0.501 e. The van der Waals surface area contributed by atoms with Crippen LogP contribution in [0.2, 0.25) is 0 Å². The topological polar surface area (TPSA) is 26.3 Å². The summed E-state index contributed by atoms with van der Waals surface area (Å²) in [5.41, 5.74) is 0. The van der Waals surface area contributed by atoms with Crippen LogP contribution in [0.4, 0.5) is 4.39 Å². The molecule has 0 fully saturated rings. The van der Waals surface area contributed by atoms with Crippen molar-refractivity contribution in [3.8, 4) is 0 Å². The van der Waals surface area contributed by atoms with Crippen LogP contribution >= 0.6 is 22.6 Å². The van der Waals surface area contributed by atoms with E-state index in [0.717, 1.165) is 23.7 Å². The molecular formula is C15H26FIO2. The quantitative estimate of drug-likeness (QED) is 0.236. The second-order valence-corrected chi connectivity index (χ2v) is 5.94. The lowest BCUT2D eigenvalue weighted by atomic mass is 9.93. The van der Waals surface area contributed by atoms with Crippen molar-refractivity contribution in [1.29, 1.82) is 0 Å². The van der Waals surface area contributed by atoms with Gasteiger partial charge in [-0.3, -0.25) is 4.79 Å². The Morgan fingerprint density at radius 2 is 1.89 bits per heavy atom. The summed E-state index contributed by atoms with van der Waals surface area (Å²) in [7, 11) is 1.56. The Morgan fingerprint density at radius 3 is 2.26 bits per heavy atom. The summed E-state index contributed by atoms with van der Waals surface area (Å²) in [4.78, 5) is 12.2. The third-order valence-corrected chi connectivity index (χ3v) is 4.00. The van der Waals surface area contributed by atoms with E-state index in [-0.39, 0.29) is 17.6 Å². The van der Waals surface area contributed by atoms with Gasteiger partial charge in [0.15, 0.2) is 5.78 Å². The standard InChI is InChI=1S/C15H26FIO2/c1-5-12(7-8-17)14(18)10-15(19-4)13(6-2)9-11(3)16/h10-13H,5-9H2,1-4H3/b15-10-. The molecule has 0 heterocycles. The number of methoxy groups -OCH3 is 1. The highest BCUT2D eigenvalue weighted by atomic mass is 127. The van der Waals surface area contributed by atoms with Gasteiger partial charge in [0.05, 0.1) is 13.3 Å². The van der Waals surface area contributed by atoms with Gasteiger partial charge >= 0.3 is 0 Å². The van der Waals surface area contributed by atoms with Crippen LogP contribution in [0.25, 0.3) is 0 Å². The Balaban J connectivity index is 4.88. The molecule has 0 rings (SSSR count). The van der Waals surface area contributed by atoms with Crippen molar-refractivity contribution >= 4 is 28.4 Å². The lowest BCUT2D eigenvalue weighted by Gasteiger charge is -2.19. The second-order valence-electron chi connectivity index (χ2n) is 4.86. The summed E-state index contributed by atoms with van der Waals surface area (Å²) in [5, 5.41) is 0. The zero-order valence-electron chi connectivity index (χ0n) is 12.4. The number of ketones is 1. The molecule has 0 aliphatic carbocycles. The Morgan fingerprint density at radius 1 is 1.32 bits per heavy atom. The molecular weight excluding hydrogens is 358 g/mol. The number of carbonyl (C=O) groups is 1. The van der Waals surface area contributed by atoms with E-state index in [1.54, 1.807) is 20.1 Å². The molecule has 0 spiro atoms. The fourth-order valence-corrected chi connectivity index (χ4v) is 2.91. The van der Waals surface area contributed by atoms with Crippen molar-refractivity contribution < 1.29 is 13.9 Å². The maximum absolute atomic E-state index is 13.1. The highest BCUT2D eigenvalue weighted by Crippen LogP contribution is 2.24. The molecule has 19 heavy (non-hydrogen) atoms. The maximum atomic E-state index is 13.1. The van der Waals surface area contributed by atoms with Gasteiger partial charge in [0.1, 0.15) is 5.76 Å². The van der Waals surface area contributed by atoms with Gasteiger partial charge in [-0.1, -0.05) is 36.4 Å². The average Bonchev–Trinajstić information content (AvgIpc) is 2.39. The third-order valence-electron chi connectivity index (χ3n) is 3.38. The molecule has 3 unspecified atom stereocenters. The van der Waals surface area contributed by atoms with Crippen LogP contribution in [0.1, 0.15) is 46.5 Å². The highest BCUT2D eigenvalue weighted by Gasteiger charge is 2.20. The predicted octanol–water partition coefficient (Wildman–Crippen LogP) is 4.71. The summed E-state index contributed by atoms with van der Waals surface area (Å²) in [6.07, 6.45) is 3.63. The van der Waals surface area contributed by atoms with Crippen LogP contribution in [0, 0.1) is 11.8 Å². The monoisotopic (exact) mass is 384 g/mol. The normalized spacial score (nSPS) is 16.8. The summed E-state index contributed by atoms with van der Waals surface area (Å²) in [6, 6.07) is 0. The van der Waals surface area contributed by atoms with E-state index >= 15 is 0 Å². The fourth-order valence-electron chi connectivity index (χ4n) is 2.16. The minimum atomic E-state index is -0.880. The van der Waals surface area contributed by atoms with Crippen LogP contribution in [-0.4, -0.2) is 23.5 Å². The van der Waals surface area contributed by atoms with Crippen LogP contribution in [0.15, 0.2) is 11.8 Å². The van der Waals surface area contributed by atoms with E-state index in [2.05, 4.69) is 22.6 Å². The van der Waals surface area contributed by atoms with E-state index in [1.165, 1.54) is 0 Å². The fraction of sp³-hybridized carbons (Fsp3) is 0.800. The molecule has 0 saturated carbocycles. The minimum absolute atomic E-state index is 0.00828. The molecule has 3 atom stereocenters. The van der Waals surface area contributed by atoms with Gasteiger partial charge in [-0.2, -0.15) is 0 Å². The first-order valence-electron chi connectivity index (χ1n) is 6.99. The molecule has 0 aliphatic rings. The number of allylic oxidation sites excluding steroid dienone is 2. The van der Waals surface area contributed by atoms with Crippen molar-refractivity contribution in [2.45, 2.75) is 52.6 Å². The molecule has 0 aromatic carbocycles. The molecule has 0 radical (unpaired) electrons. The van der Waals surface area contributed by atoms with E-state index in [9.17, 15) is 9.18 Å². The Hall–Kier alpha value is -0.130. The average molecular weight is 384 g/mol. The summed E-state index contributed by atoms with van der Waals surface area (Å²) < 4.78 is 19.4. The second kappa shape index (κ2) is 10.6. The number of hydrogen-bond acceptors (Lipinski definition) is 2. The van der Waals surface area contributed by atoms with Gasteiger partial charge in [0.25, 0.3) is 0 Å². The number of hydrogen-bond donors (Lipinski definition) is 0. The smallest absolute Gasteiger partial charge is 0.162 e. The molecule has 0 aliphatic heterocycles. The van der Waals surface area contributed by atoms with E-state index in [4.69, 9.17) is 4.74 Å². The molecule has 0 saturated heterocycles. The van der Waals surface area contributed by atoms with Gasteiger partial charge in [-0.05, 0) is 32.6 Å². The van der Waals surface area contributed by atoms with Crippen LogP contribution < -0.4 is 0 Å². The highest BCUT2D eigenvalue weighted by molar-refractivity contribution is 14.1. The van der Waals surface area contributed by atoms with Crippen LogP contribution in [0.3, 0.4) is 0 Å². The van der Waals surface area contributed by atoms with Crippen molar-refractivity contribution in [3.05, 3.63) is 11.8 Å². The van der Waals surface area contributed by atoms with Crippen LogP contribution in [0.5, 0.6) is 0 Å². The SMILES string of the molecule is CCC(CCI)C(=O)/C=C(\OC)C(CC)CC(C)F. The molecule has 2 nitrogen and oxygen atoms in total. The first-order chi connectivity index (χ1) is 8.99. The van der Waals surface area contributed by atoms with Crippen molar-refractivity contribution in [3.63, 3.8) is 0 Å². The number of ether oxygens (including phenoxy) is 1. The molecule has 0 amide bonds. The zero-order chi connectivity index (χ0) is 14.8. The van der Waals surface area contributed by atoms with Gasteiger partial charge < -0.3 is 4.74 Å². The van der Waals surface area contributed by atoms with Crippen LogP contribution in [-0.2, 0) is 9.53 Å². The summed E-state index contributed by atoms with van der Waals surface area (Å²) in [6.45, 7) is 5.56. The number of carbonyl (C=O) groups excluding carboxylic acids is 1. The van der Waals surface area contributed by atoms with Gasteiger partial charge in [-0.15, -0.1) is 0 Å². The first-order valence-corrected chi connectivity index (χ1v) is 8.52. The van der Waals surface area contributed by atoms with Gasteiger partial charge in [0.2, 0.25) is 0 Å². The van der Waals surface area contributed by atoms with Gasteiger partial charge in [-0.25, -0.2) is 4.39 Å². The molecule has 4 heteroatoms. The van der Waals surface area contributed by atoms with Crippen molar-refractivity contribution in [1.82, 2.24) is 0 Å². The van der Waals surface area contributed by atoms with Crippen molar-refractivity contribution in [2.75, 3.05) is 11.5 Å². The van der Waals surface area contributed by atoms with Gasteiger partial charge in [0, 0.05) is 22.3 Å². The third kappa shape index (κ3) is 7.28. The van der Waals surface area contributed by atoms with E-state index in [0.29, 0.717) is 12.2 Å². The summed E-state index contributed by atoms with van der Waals surface area (Å²) in [5.74, 6) is 0.790. The Kier molecular flexibility index (Phi) is 10.6. The largest absolute Gasteiger partial charge is 0.501 e. The number of halogens is 2. The maximum Gasteiger partial charge on any atom is 0.162 e. The van der Waals surface area contributed by atoms with E-state index < -0.39 is 6.17 Å². The molecule has 0 aromatic rings. The summed E-state index contributed by atoms with van der Waals surface area (Å²) >= 11 is 2.29. The number of rotatable bonds is 10. The Bertz CT molecular complexity index is 290. The van der Waals surface area contributed by atoms with E-state index in [1.807, 2.05) is 13.8 Å². The first kappa shape index (κ1) is 18.9. The molecule has 0 bridgehead atoms. The molecule has 112 valence electrons. The lowest BCUT2D eigenvalue weighted by molar-refractivity contribution is -0.118. The van der Waals surface area contributed by atoms with Crippen molar-refractivity contribution in [2.24, 2.45) is 11.8 Å². The molecule has 0 N–H and O–H groups in total.